The lowest BCUT2D eigenvalue weighted by Crippen LogP contribution is -2.01. The van der Waals surface area contributed by atoms with Crippen molar-refractivity contribution in [3.05, 3.63) is 48.2 Å². The minimum atomic E-state index is 0.229. The molecule has 0 N–H and O–H groups in total. The van der Waals surface area contributed by atoms with Crippen LogP contribution < -0.4 is 4.74 Å². The molecule has 0 fully saturated rings. The van der Waals surface area contributed by atoms with Gasteiger partial charge in [0.1, 0.15) is 5.75 Å². The highest BCUT2D eigenvalue weighted by molar-refractivity contribution is 5.96. The summed E-state index contributed by atoms with van der Waals surface area (Å²) in [5.41, 5.74) is 2.09. The third kappa shape index (κ3) is 3.11. The van der Waals surface area contributed by atoms with E-state index >= 15 is 0 Å². The number of fused-ring (bicyclic) bond motifs is 1. The predicted molar refractivity (Wildman–Crippen MR) is 81.7 cm³/mol. The van der Waals surface area contributed by atoms with Gasteiger partial charge in [-0.2, -0.15) is 0 Å². The molecule has 0 aliphatic rings. The van der Waals surface area contributed by atoms with Gasteiger partial charge in [-0.05, 0) is 36.3 Å². The quantitative estimate of drug-likeness (QED) is 0.582. The van der Waals surface area contributed by atoms with Crippen LogP contribution in [0.1, 0.15) is 19.4 Å². The summed E-state index contributed by atoms with van der Waals surface area (Å²) in [5.74, 6) is 0.805. The summed E-state index contributed by atoms with van der Waals surface area (Å²) >= 11 is 0. The second kappa shape index (κ2) is 6.96. The van der Waals surface area contributed by atoms with Crippen molar-refractivity contribution in [2.75, 3.05) is 20.5 Å². The van der Waals surface area contributed by atoms with Crippen LogP contribution >= 0.6 is 0 Å². The van der Waals surface area contributed by atoms with Gasteiger partial charge in [0.2, 0.25) is 0 Å². The first-order valence-corrected chi connectivity index (χ1v) is 6.70. The molecule has 0 aliphatic carbocycles. The van der Waals surface area contributed by atoms with E-state index in [-0.39, 0.29) is 6.79 Å². The molecule has 0 saturated carbocycles. The standard InChI is InChI=1S/C17H20O3/c1-4-19-11-13(2)17-15-8-6-5-7-14(15)9-10-16(17)20-12-18-3/h5-11H,4,12H2,1-3H3/b13-11+. The molecule has 0 spiro atoms. The maximum atomic E-state index is 5.68. The van der Waals surface area contributed by atoms with Gasteiger partial charge >= 0.3 is 0 Å². The third-order valence-electron chi connectivity index (χ3n) is 3.04. The first-order chi connectivity index (χ1) is 9.77. The van der Waals surface area contributed by atoms with Crippen LogP contribution in [-0.2, 0) is 9.47 Å². The van der Waals surface area contributed by atoms with E-state index < -0.39 is 0 Å². The molecule has 0 radical (unpaired) electrons. The summed E-state index contributed by atoms with van der Waals surface area (Å²) in [4.78, 5) is 0. The van der Waals surface area contributed by atoms with Crippen LogP contribution in [0, 0.1) is 0 Å². The number of benzene rings is 2. The Morgan fingerprint density at radius 2 is 1.95 bits per heavy atom. The van der Waals surface area contributed by atoms with E-state index in [1.807, 2.05) is 32.0 Å². The minimum Gasteiger partial charge on any atom is -0.501 e. The van der Waals surface area contributed by atoms with Crippen LogP contribution in [0.2, 0.25) is 0 Å². The molecule has 3 nitrogen and oxygen atoms in total. The molecule has 0 unspecified atom stereocenters. The lowest BCUT2D eigenvalue weighted by Gasteiger charge is -2.14. The van der Waals surface area contributed by atoms with Crippen LogP contribution in [-0.4, -0.2) is 20.5 Å². The molecular weight excluding hydrogens is 252 g/mol. The van der Waals surface area contributed by atoms with Gasteiger partial charge in [-0.3, -0.25) is 0 Å². The molecule has 0 bridgehead atoms. The molecule has 2 rings (SSSR count). The molecule has 20 heavy (non-hydrogen) atoms. The van der Waals surface area contributed by atoms with E-state index in [9.17, 15) is 0 Å². The number of allylic oxidation sites excluding steroid dienone is 1. The van der Waals surface area contributed by atoms with Crippen molar-refractivity contribution in [2.24, 2.45) is 0 Å². The molecule has 2 aromatic rings. The number of hydrogen-bond donors (Lipinski definition) is 0. The van der Waals surface area contributed by atoms with Crippen molar-refractivity contribution in [3.63, 3.8) is 0 Å². The molecule has 0 atom stereocenters. The van der Waals surface area contributed by atoms with Crippen molar-refractivity contribution in [1.29, 1.82) is 0 Å². The van der Waals surface area contributed by atoms with Crippen molar-refractivity contribution < 1.29 is 14.2 Å². The van der Waals surface area contributed by atoms with Crippen LogP contribution in [0.15, 0.2) is 42.7 Å². The Morgan fingerprint density at radius 1 is 1.15 bits per heavy atom. The van der Waals surface area contributed by atoms with Gasteiger partial charge in [-0.25, -0.2) is 0 Å². The first kappa shape index (κ1) is 14.4. The summed E-state index contributed by atoms with van der Waals surface area (Å²) in [6.07, 6.45) is 1.78. The fourth-order valence-corrected chi connectivity index (χ4v) is 2.17. The van der Waals surface area contributed by atoms with Crippen molar-refractivity contribution >= 4 is 16.3 Å². The van der Waals surface area contributed by atoms with Gasteiger partial charge in [-0.15, -0.1) is 0 Å². The summed E-state index contributed by atoms with van der Waals surface area (Å²) in [7, 11) is 1.61. The number of rotatable bonds is 6. The average molecular weight is 272 g/mol. The Balaban J connectivity index is 2.55. The second-order valence-corrected chi connectivity index (χ2v) is 4.47. The number of hydrogen-bond acceptors (Lipinski definition) is 3. The fraction of sp³-hybridized carbons (Fsp3) is 0.294. The van der Waals surface area contributed by atoms with Crippen molar-refractivity contribution in [1.82, 2.24) is 0 Å². The predicted octanol–water partition coefficient (Wildman–Crippen LogP) is 4.22. The second-order valence-electron chi connectivity index (χ2n) is 4.47. The van der Waals surface area contributed by atoms with Crippen LogP contribution in [0.5, 0.6) is 5.75 Å². The maximum Gasteiger partial charge on any atom is 0.188 e. The first-order valence-electron chi connectivity index (χ1n) is 6.70. The molecule has 0 amide bonds. The summed E-state index contributed by atoms with van der Waals surface area (Å²) in [6.45, 7) is 4.87. The van der Waals surface area contributed by atoms with E-state index in [1.54, 1.807) is 13.4 Å². The smallest absolute Gasteiger partial charge is 0.188 e. The van der Waals surface area contributed by atoms with Crippen molar-refractivity contribution in [2.45, 2.75) is 13.8 Å². The van der Waals surface area contributed by atoms with Gasteiger partial charge < -0.3 is 14.2 Å². The Morgan fingerprint density at radius 3 is 2.70 bits per heavy atom. The van der Waals surface area contributed by atoms with Gasteiger partial charge in [0, 0.05) is 12.7 Å². The van der Waals surface area contributed by atoms with Gasteiger partial charge in [0.05, 0.1) is 12.9 Å². The lowest BCUT2D eigenvalue weighted by atomic mass is 9.99. The minimum absolute atomic E-state index is 0.229. The van der Waals surface area contributed by atoms with Crippen molar-refractivity contribution in [3.8, 4) is 5.75 Å². The van der Waals surface area contributed by atoms with E-state index in [4.69, 9.17) is 14.2 Å². The summed E-state index contributed by atoms with van der Waals surface area (Å²) in [5, 5.41) is 2.33. The lowest BCUT2D eigenvalue weighted by molar-refractivity contribution is 0.0510. The maximum absolute atomic E-state index is 5.68. The monoisotopic (exact) mass is 272 g/mol. The third-order valence-corrected chi connectivity index (χ3v) is 3.04. The highest BCUT2D eigenvalue weighted by Gasteiger charge is 2.11. The fourth-order valence-electron chi connectivity index (χ4n) is 2.17. The Hall–Kier alpha value is -2.00. The molecule has 3 heteroatoms. The summed E-state index contributed by atoms with van der Waals surface area (Å²) in [6, 6.07) is 12.3. The normalized spacial score (nSPS) is 11.7. The molecule has 2 aromatic carbocycles. The zero-order valence-corrected chi connectivity index (χ0v) is 12.2. The van der Waals surface area contributed by atoms with E-state index in [0.717, 1.165) is 22.3 Å². The molecular formula is C17H20O3. The SMILES string of the molecule is CCO/C=C(\C)c1c(OCOC)ccc2ccccc12. The van der Waals surface area contributed by atoms with Gasteiger partial charge in [-0.1, -0.05) is 30.3 Å². The highest BCUT2D eigenvalue weighted by atomic mass is 16.7. The largest absolute Gasteiger partial charge is 0.501 e. The van der Waals surface area contributed by atoms with Crippen LogP contribution in [0.4, 0.5) is 0 Å². The van der Waals surface area contributed by atoms with E-state index in [2.05, 4.69) is 18.2 Å². The topological polar surface area (TPSA) is 27.7 Å². The zero-order chi connectivity index (χ0) is 14.4. The zero-order valence-electron chi connectivity index (χ0n) is 12.2. The van der Waals surface area contributed by atoms with E-state index in [0.29, 0.717) is 6.61 Å². The summed E-state index contributed by atoms with van der Waals surface area (Å²) < 4.78 is 16.1. The Kier molecular flexibility index (Phi) is 5.02. The molecule has 0 saturated heterocycles. The molecule has 0 heterocycles. The van der Waals surface area contributed by atoms with Crippen LogP contribution in [0.25, 0.3) is 16.3 Å². The van der Waals surface area contributed by atoms with Gasteiger partial charge in [0.15, 0.2) is 6.79 Å². The average Bonchev–Trinajstić information content (AvgIpc) is 2.49. The Bertz CT molecular complexity index is 602. The van der Waals surface area contributed by atoms with E-state index in [1.165, 1.54) is 5.39 Å². The molecule has 0 aliphatic heterocycles. The molecule has 106 valence electrons. The van der Waals surface area contributed by atoms with Crippen LogP contribution in [0.3, 0.4) is 0 Å². The van der Waals surface area contributed by atoms with Gasteiger partial charge in [0.25, 0.3) is 0 Å². The number of ether oxygens (including phenoxy) is 3. The highest BCUT2D eigenvalue weighted by Crippen LogP contribution is 2.33. The molecule has 0 aromatic heterocycles. The Labute approximate surface area is 119 Å². The number of methoxy groups -OCH3 is 1.